The molecule has 0 aliphatic heterocycles. The van der Waals surface area contributed by atoms with E-state index in [9.17, 15) is 4.57 Å². The molecule has 2 aromatic rings. The molecule has 0 aliphatic rings. The Morgan fingerprint density at radius 3 is 2.28 bits per heavy atom. The van der Waals surface area contributed by atoms with Gasteiger partial charge in [-0.2, -0.15) is 0 Å². The van der Waals surface area contributed by atoms with Gasteiger partial charge >= 0.3 is 0 Å². The van der Waals surface area contributed by atoms with Crippen LogP contribution in [-0.4, -0.2) is 6.66 Å². The number of hydrogen-bond acceptors (Lipinski definition) is 1. The van der Waals surface area contributed by atoms with E-state index in [0.717, 1.165) is 10.9 Å². The van der Waals surface area contributed by atoms with Crippen LogP contribution in [-0.2, 0) is 11.1 Å². The zero-order valence-corrected chi connectivity index (χ0v) is 11.8. The number of nitrogens with one attached hydrogen (secondary N) is 1. The normalized spacial score (nSPS) is 14.1. The fourth-order valence-electron chi connectivity index (χ4n) is 1.65. The van der Waals surface area contributed by atoms with Gasteiger partial charge in [-0.3, -0.25) is 5.09 Å². The Hall–Kier alpha value is -1.08. The first-order valence-electron chi connectivity index (χ1n) is 5.71. The fraction of sp³-hybridized carbons (Fsp3) is 0.143. The van der Waals surface area contributed by atoms with Crippen molar-refractivity contribution in [2.45, 2.75) is 6.54 Å². The van der Waals surface area contributed by atoms with Gasteiger partial charge in [0.25, 0.3) is 0 Å². The minimum atomic E-state index is -2.51. The molecular formula is C14H15ClNOP. The highest BCUT2D eigenvalue weighted by molar-refractivity contribution is 7.68. The average molecular weight is 280 g/mol. The molecular weight excluding hydrogens is 265 g/mol. The van der Waals surface area contributed by atoms with Crippen LogP contribution in [0, 0.1) is 0 Å². The molecule has 1 N–H and O–H groups in total. The highest BCUT2D eigenvalue weighted by Gasteiger charge is 2.16. The number of halogens is 1. The Balaban J connectivity index is 2.06. The molecule has 0 bridgehead atoms. The number of hydrogen-bond donors (Lipinski definition) is 1. The molecule has 0 aromatic heterocycles. The SMILES string of the molecule is CP(=O)(NCc1ccc(Cl)cc1)c1ccccc1. The summed E-state index contributed by atoms with van der Waals surface area (Å²) < 4.78 is 12.5. The molecule has 2 rings (SSSR count). The van der Waals surface area contributed by atoms with Gasteiger partial charge in [-0.1, -0.05) is 54.1 Å². The lowest BCUT2D eigenvalue weighted by atomic mass is 10.2. The van der Waals surface area contributed by atoms with Gasteiger partial charge in [0.2, 0.25) is 0 Å². The Labute approximate surface area is 112 Å². The van der Waals surface area contributed by atoms with E-state index in [4.69, 9.17) is 11.6 Å². The monoisotopic (exact) mass is 279 g/mol. The van der Waals surface area contributed by atoms with Gasteiger partial charge < -0.3 is 4.57 Å². The predicted molar refractivity (Wildman–Crippen MR) is 77.9 cm³/mol. The standard InChI is InChI=1S/C14H15ClNOP/c1-18(17,14-5-3-2-4-6-14)16-11-12-7-9-13(15)10-8-12/h2-10H,11H2,1H3,(H,16,17). The van der Waals surface area contributed by atoms with Crippen molar-refractivity contribution in [2.24, 2.45) is 0 Å². The van der Waals surface area contributed by atoms with Crippen molar-refractivity contribution < 1.29 is 4.57 Å². The smallest absolute Gasteiger partial charge is 0.173 e. The highest BCUT2D eigenvalue weighted by atomic mass is 35.5. The van der Waals surface area contributed by atoms with Crippen molar-refractivity contribution in [3.63, 3.8) is 0 Å². The summed E-state index contributed by atoms with van der Waals surface area (Å²) in [6.07, 6.45) is 0. The maximum Gasteiger partial charge on any atom is 0.173 e. The summed E-state index contributed by atoms with van der Waals surface area (Å²) in [5.41, 5.74) is 1.07. The van der Waals surface area contributed by atoms with Crippen LogP contribution in [0.1, 0.15) is 5.56 Å². The first kappa shape index (κ1) is 13.4. The number of benzene rings is 2. The second-order valence-corrected chi connectivity index (χ2v) is 7.34. The molecule has 0 spiro atoms. The maximum absolute atomic E-state index is 12.5. The van der Waals surface area contributed by atoms with E-state index in [0.29, 0.717) is 11.6 Å². The molecule has 18 heavy (non-hydrogen) atoms. The maximum atomic E-state index is 12.5. The van der Waals surface area contributed by atoms with Gasteiger partial charge in [0.1, 0.15) is 0 Å². The van der Waals surface area contributed by atoms with Crippen LogP contribution in [0.15, 0.2) is 54.6 Å². The summed E-state index contributed by atoms with van der Waals surface area (Å²) in [6, 6.07) is 17.0. The Morgan fingerprint density at radius 1 is 1.06 bits per heavy atom. The third-order valence-electron chi connectivity index (χ3n) is 2.75. The minimum Gasteiger partial charge on any atom is -0.302 e. The first-order chi connectivity index (χ1) is 8.58. The van der Waals surface area contributed by atoms with Crippen molar-refractivity contribution in [1.29, 1.82) is 0 Å². The van der Waals surface area contributed by atoms with Gasteiger partial charge in [-0.25, -0.2) is 0 Å². The molecule has 0 aliphatic carbocycles. The minimum absolute atomic E-state index is 0.569. The largest absolute Gasteiger partial charge is 0.302 e. The summed E-state index contributed by atoms with van der Waals surface area (Å²) in [5.74, 6) is 0. The van der Waals surface area contributed by atoms with Crippen LogP contribution in [0.25, 0.3) is 0 Å². The third kappa shape index (κ3) is 3.46. The highest BCUT2D eigenvalue weighted by Crippen LogP contribution is 2.34. The molecule has 0 saturated carbocycles. The topological polar surface area (TPSA) is 29.1 Å². The van der Waals surface area contributed by atoms with Gasteiger partial charge in [-0.15, -0.1) is 0 Å². The molecule has 1 unspecified atom stereocenters. The zero-order chi connectivity index (χ0) is 13.0. The lowest BCUT2D eigenvalue weighted by molar-refractivity contribution is 0.575. The van der Waals surface area contributed by atoms with E-state index >= 15 is 0 Å². The van der Waals surface area contributed by atoms with Crippen LogP contribution in [0.4, 0.5) is 0 Å². The molecule has 0 radical (unpaired) electrons. The zero-order valence-electron chi connectivity index (χ0n) is 10.1. The molecule has 0 fully saturated rings. The van der Waals surface area contributed by atoms with Gasteiger partial charge in [0.05, 0.1) is 0 Å². The van der Waals surface area contributed by atoms with E-state index < -0.39 is 7.29 Å². The summed E-state index contributed by atoms with van der Waals surface area (Å²) in [7, 11) is -2.51. The Bertz CT molecular complexity index is 554. The fourth-order valence-corrected chi connectivity index (χ4v) is 3.18. The van der Waals surface area contributed by atoms with Crippen LogP contribution >= 0.6 is 18.9 Å². The third-order valence-corrected chi connectivity index (χ3v) is 5.04. The average Bonchev–Trinajstić information content (AvgIpc) is 2.39. The lowest BCUT2D eigenvalue weighted by Crippen LogP contribution is -2.18. The summed E-state index contributed by atoms with van der Waals surface area (Å²) in [4.78, 5) is 0. The molecule has 94 valence electrons. The Kier molecular flexibility index (Phi) is 4.23. The lowest BCUT2D eigenvalue weighted by Gasteiger charge is -2.15. The second-order valence-electron chi connectivity index (χ2n) is 4.22. The molecule has 2 nitrogen and oxygen atoms in total. The van der Waals surface area contributed by atoms with Crippen molar-refractivity contribution in [1.82, 2.24) is 5.09 Å². The van der Waals surface area contributed by atoms with E-state index in [1.807, 2.05) is 54.6 Å². The quantitative estimate of drug-likeness (QED) is 0.866. The van der Waals surface area contributed by atoms with Crippen LogP contribution in [0.5, 0.6) is 0 Å². The summed E-state index contributed by atoms with van der Waals surface area (Å²) >= 11 is 5.82. The van der Waals surface area contributed by atoms with Gasteiger partial charge in [0.15, 0.2) is 7.29 Å². The molecule has 0 amide bonds. The molecule has 4 heteroatoms. The van der Waals surface area contributed by atoms with Gasteiger partial charge in [0, 0.05) is 23.5 Å². The number of rotatable bonds is 4. The van der Waals surface area contributed by atoms with E-state index in [2.05, 4.69) is 5.09 Å². The van der Waals surface area contributed by atoms with Crippen LogP contribution < -0.4 is 10.4 Å². The molecule has 0 heterocycles. The summed E-state index contributed by atoms with van der Waals surface area (Å²) in [5, 5.41) is 4.68. The summed E-state index contributed by atoms with van der Waals surface area (Å²) in [6.45, 7) is 2.32. The van der Waals surface area contributed by atoms with Crippen molar-refractivity contribution in [2.75, 3.05) is 6.66 Å². The second kappa shape index (κ2) is 5.71. The van der Waals surface area contributed by atoms with E-state index in [1.165, 1.54) is 0 Å². The molecule has 0 saturated heterocycles. The van der Waals surface area contributed by atoms with Crippen molar-refractivity contribution >= 4 is 24.2 Å². The van der Waals surface area contributed by atoms with Crippen molar-refractivity contribution in [3.8, 4) is 0 Å². The first-order valence-corrected chi connectivity index (χ1v) is 8.24. The van der Waals surface area contributed by atoms with E-state index in [1.54, 1.807) is 6.66 Å². The van der Waals surface area contributed by atoms with Crippen molar-refractivity contribution in [3.05, 3.63) is 65.2 Å². The van der Waals surface area contributed by atoms with Gasteiger partial charge in [-0.05, 0) is 17.7 Å². The molecule has 2 aromatic carbocycles. The predicted octanol–water partition coefficient (Wildman–Crippen LogP) is 3.66. The molecule has 1 atom stereocenters. The van der Waals surface area contributed by atoms with Crippen LogP contribution in [0.3, 0.4) is 0 Å². The van der Waals surface area contributed by atoms with E-state index in [-0.39, 0.29) is 0 Å². The van der Waals surface area contributed by atoms with Crippen LogP contribution in [0.2, 0.25) is 5.02 Å². The Morgan fingerprint density at radius 2 is 1.67 bits per heavy atom.